The maximum absolute atomic E-state index is 12.8. The number of ether oxygens (including phenoxy) is 3. The molecule has 31 heavy (non-hydrogen) atoms. The molecule has 1 N–H and O–H groups in total. The van der Waals surface area contributed by atoms with Crippen LogP contribution in [0.3, 0.4) is 0 Å². The molecular formula is C22H24N2O7. The average Bonchev–Trinajstić information content (AvgIpc) is 3.27. The second-order valence-corrected chi connectivity index (χ2v) is 7.03. The van der Waals surface area contributed by atoms with Crippen molar-refractivity contribution < 1.29 is 28.7 Å². The highest BCUT2D eigenvalue weighted by Crippen LogP contribution is 2.42. The van der Waals surface area contributed by atoms with Gasteiger partial charge in [0.15, 0.2) is 5.75 Å². The first-order chi connectivity index (χ1) is 14.9. The van der Waals surface area contributed by atoms with Crippen molar-refractivity contribution in [2.24, 2.45) is 0 Å². The third kappa shape index (κ3) is 5.11. The van der Waals surface area contributed by atoms with Gasteiger partial charge in [-0.2, -0.15) is 0 Å². The zero-order chi connectivity index (χ0) is 22.4. The highest BCUT2D eigenvalue weighted by molar-refractivity contribution is 6.08. The SMILES string of the molecule is CCOC(=O)c1ccc(NC(=O)c2ccc(OC)c(OC3CCCC3)c2[N+](=O)[O-])cc1. The molecular weight excluding hydrogens is 404 g/mol. The molecule has 0 aliphatic heterocycles. The van der Waals surface area contributed by atoms with Gasteiger partial charge in [-0.05, 0) is 69.0 Å². The van der Waals surface area contributed by atoms with E-state index in [1.165, 1.54) is 43.5 Å². The van der Waals surface area contributed by atoms with Crippen LogP contribution in [0.5, 0.6) is 11.5 Å². The van der Waals surface area contributed by atoms with Crippen LogP contribution < -0.4 is 14.8 Å². The normalized spacial score (nSPS) is 13.5. The lowest BCUT2D eigenvalue weighted by Gasteiger charge is -2.17. The molecule has 0 unspecified atom stereocenters. The number of rotatable bonds is 8. The Labute approximate surface area is 179 Å². The maximum Gasteiger partial charge on any atom is 0.338 e. The molecule has 2 aromatic rings. The van der Waals surface area contributed by atoms with Gasteiger partial charge in [0.05, 0.1) is 30.3 Å². The van der Waals surface area contributed by atoms with Crippen LogP contribution >= 0.6 is 0 Å². The minimum Gasteiger partial charge on any atom is -0.493 e. The van der Waals surface area contributed by atoms with Crippen molar-refractivity contribution in [1.82, 2.24) is 0 Å². The lowest BCUT2D eigenvalue weighted by molar-refractivity contribution is -0.386. The molecule has 1 amide bonds. The first-order valence-electron chi connectivity index (χ1n) is 10.0. The summed E-state index contributed by atoms with van der Waals surface area (Å²) in [4.78, 5) is 35.8. The molecule has 1 aliphatic rings. The van der Waals surface area contributed by atoms with Crippen LogP contribution in [0.4, 0.5) is 11.4 Å². The van der Waals surface area contributed by atoms with Crippen molar-refractivity contribution in [3.63, 3.8) is 0 Å². The molecule has 0 atom stereocenters. The van der Waals surface area contributed by atoms with E-state index in [4.69, 9.17) is 14.2 Å². The summed E-state index contributed by atoms with van der Waals surface area (Å²) in [5.41, 5.74) is 0.129. The van der Waals surface area contributed by atoms with Crippen molar-refractivity contribution in [3.8, 4) is 11.5 Å². The van der Waals surface area contributed by atoms with Gasteiger partial charge in [0.1, 0.15) is 5.56 Å². The molecule has 2 aromatic carbocycles. The Bertz CT molecular complexity index is 967. The fraction of sp³-hybridized carbons (Fsp3) is 0.364. The molecule has 1 saturated carbocycles. The van der Waals surface area contributed by atoms with Crippen LogP contribution in [0.2, 0.25) is 0 Å². The Balaban J connectivity index is 1.87. The van der Waals surface area contributed by atoms with E-state index >= 15 is 0 Å². The van der Waals surface area contributed by atoms with Crippen molar-refractivity contribution >= 4 is 23.3 Å². The number of benzene rings is 2. The third-order valence-electron chi connectivity index (χ3n) is 4.98. The number of nitrogens with zero attached hydrogens (tertiary/aromatic N) is 1. The van der Waals surface area contributed by atoms with Crippen LogP contribution in [0.15, 0.2) is 36.4 Å². The van der Waals surface area contributed by atoms with Gasteiger partial charge in [0, 0.05) is 5.69 Å². The van der Waals surface area contributed by atoms with Gasteiger partial charge >= 0.3 is 11.7 Å². The van der Waals surface area contributed by atoms with E-state index in [1.807, 2.05) is 0 Å². The highest BCUT2D eigenvalue weighted by atomic mass is 16.6. The van der Waals surface area contributed by atoms with Crippen LogP contribution in [0.25, 0.3) is 0 Å². The van der Waals surface area contributed by atoms with Gasteiger partial charge in [-0.3, -0.25) is 14.9 Å². The topological polar surface area (TPSA) is 117 Å². The number of anilines is 1. The number of esters is 1. The van der Waals surface area contributed by atoms with Gasteiger partial charge in [0.2, 0.25) is 5.75 Å². The minimum atomic E-state index is -0.672. The van der Waals surface area contributed by atoms with Crippen molar-refractivity contribution in [2.75, 3.05) is 19.0 Å². The van der Waals surface area contributed by atoms with E-state index < -0.39 is 22.5 Å². The van der Waals surface area contributed by atoms with Crippen LogP contribution in [0, 0.1) is 10.1 Å². The van der Waals surface area contributed by atoms with E-state index in [0.29, 0.717) is 11.3 Å². The maximum atomic E-state index is 12.8. The standard InChI is InChI=1S/C22H24N2O7/c1-3-30-22(26)14-8-10-15(11-9-14)23-21(25)17-12-13-18(29-2)20(19(17)24(27)28)31-16-6-4-5-7-16/h8-13,16H,3-7H2,1-2H3,(H,23,25). The first kappa shape index (κ1) is 22.1. The summed E-state index contributed by atoms with van der Waals surface area (Å²) in [5, 5.41) is 14.5. The number of amides is 1. The predicted octanol–water partition coefficient (Wildman–Crippen LogP) is 4.35. The number of methoxy groups -OCH3 is 1. The second-order valence-electron chi connectivity index (χ2n) is 7.03. The highest BCUT2D eigenvalue weighted by Gasteiger charge is 2.32. The molecule has 9 nitrogen and oxygen atoms in total. The molecule has 0 saturated heterocycles. The Hall–Kier alpha value is -3.62. The van der Waals surface area contributed by atoms with Crippen molar-refractivity contribution in [3.05, 3.63) is 57.6 Å². The first-order valence-corrected chi connectivity index (χ1v) is 10.0. The average molecular weight is 428 g/mol. The van der Waals surface area contributed by atoms with E-state index in [2.05, 4.69) is 5.32 Å². The fourth-order valence-corrected chi connectivity index (χ4v) is 3.47. The number of nitro benzene ring substituents is 1. The summed E-state index contributed by atoms with van der Waals surface area (Å²) in [5.74, 6) is -0.979. The third-order valence-corrected chi connectivity index (χ3v) is 4.98. The van der Waals surface area contributed by atoms with Crippen molar-refractivity contribution in [1.29, 1.82) is 0 Å². The number of nitro groups is 1. The molecule has 164 valence electrons. The zero-order valence-electron chi connectivity index (χ0n) is 17.4. The Morgan fingerprint density at radius 2 is 1.81 bits per heavy atom. The summed E-state index contributed by atoms with van der Waals surface area (Å²) >= 11 is 0. The summed E-state index contributed by atoms with van der Waals surface area (Å²) in [7, 11) is 1.39. The monoisotopic (exact) mass is 428 g/mol. The molecule has 0 spiro atoms. The van der Waals surface area contributed by atoms with Crippen molar-refractivity contribution in [2.45, 2.75) is 38.7 Å². The largest absolute Gasteiger partial charge is 0.493 e. The van der Waals surface area contributed by atoms with E-state index in [1.54, 1.807) is 6.92 Å². The van der Waals surface area contributed by atoms with Gasteiger partial charge < -0.3 is 19.5 Å². The molecule has 0 radical (unpaired) electrons. The molecule has 0 aromatic heterocycles. The van der Waals surface area contributed by atoms with E-state index in [0.717, 1.165) is 25.7 Å². The number of hydrogen-bond donors (Lipinski definition) is 1. The summed E-state index contributed by atoms with van der Waals surface area (Å²) in [6.45, 7) is 1.96. The second kappa shape index (κ2) is 9.92. The number of hydrogen-bond acceptors (Lipinski definition) is 7. The van der Waals surface area contributed by atoms with E-state index in [9.17, 15) is 19.7 Å². The molecule has 9 heteroatoms. The van der Waals surface area contributed by atoms with Gasteiger partial charge in [-0.25, -0.2) is 4.79 Å². The van der Waals surface area contributed by atoms with Gasteiger partial charge in [0.25, 0.3) is 5.91 Å². The van der Waals surface area contributed by atoms with Gasteiger partial charge in [-0.1, -0.05) is 0 Å². The number of carbonyl (C=O) groups excluding carboxylic acids is 2. The predicted molar refractivity (Wildman–Crippen MR) is 113 cm³/mol. The van der Waals surface area contributed by atoms with Crippen LogP contribution in [0.1, 0.15) is 53.3 Å². The van der Waals surface area contributed by atoms with Gasteiger partial charge in [-0.15, -0.1) is 0 Å². The Morgan fingerprint density at radius 3 is 2.39 bits per heavy atom. The Kier molecular flexibility index (Phi) is 7.07. The number of carbonyl (C=O) groups is 2. The molecule has 0 heterocycles. The fourth-order valence-electron chi connectivity index (χ4n) is 3.47. The van der Waals surface area contributed by atoms with Crippen LogP contribution in [-0.4, -0.2) is 36.6 Å². The molecule has 3 rings (SSSR count). The summed E-state index contributed by atoms with van der Waals surface area (Å²) < 4.78 is 16.1. The van der Waals surface area contributed by atoms with E-state index in [-0.39, 0.29) is 29.8 Å². The Morgan fingerprint density at radius 1 is 1.13 bits per heavy atom. The molecule has 0 bridgehead atoms. The lowest BCUT2D eigenvalue weighted by Crippen LogP contribution is -2.17. The quantitative estimate of drug-likeness (QED) is 0.377. The zero-order valence-corrected chi connectivity index (χ0v) is 17.4. The smallest absolute Gasteiger partial charge is 0.338 e. The minimum absolute atomic E-state index is 0.0373. The van der Waals surface area contributed by atoms with Crippen LogP contribution in [-0.2, 0) is 4.74 Å². The summed E-state index contributed by atoms with van der Waals surface area (Å²) in [6, 6.07) is 8.87. The molecule has 1 aliphatic carbocycles. The number of nitrogens with one attached hydrogen (secondary N) is 1. The lowest BCUT2D eigenvalue weighted by atomic mass is 10.1. The molecule has 1 fully saturated rings. The summed E-state index contributed by atoms with van der Waals surface area (Å²) in [6.07, 6.45) is 3.42.